The van der Waals surface area contributed by atoms with Crippen LogP contribution >= 0.6 is 0 Å². The van der Waals surface area contributed by atoms with Crippen LogP contribution in [0, 0.1) is 33.5 Å². The van der Waals surface area contributed by atoms with Gasteiger partial charge in [-0.15, -0.1) is 0 Å². The number of aliphatic hydroxyl groups is 2. The number of carbonyl (C=O) groups is 2. The van der Waals surface area contributed by atoms with E-state index in [0.29, 0.717) is 61.3 Å². The molecule has 6 aliphatic carbocycles. The summed E-state index contributed by atoms with van der Waals surface area (Å²) in [7, 11) is 3.12. The Hall–Kier alpha value is -4.61. The monoisotopic (exact) mass is 784 g/mol. The number of amides is 2. The number of ether oxygens (including phenoxy) is 2. The molecule has 0 saturated heterocycles. The topological polar surface area (TPSA) is 108 Å². The summed E-state index contributed by atoms with van der Waals surface area (Å²) in [6, 6.07) is 18.7. The molecule has 3 fully saturated rings. The molecule has 0 heterocycles. The summed E-state index contributed by atoms with van der Waals surface area (Å²) in [5.41, 5.74) is -3.21. The summed E-state index contributed by atoms with van der Waals surface area (Å²) in [6.45, 7) is 4.42. The number of anilines is 1. The van der Waals surface area contributed by atoms with Crippen molar-refractivity contribution in [3.63, 3.8) is 0 Å². The minimum absolute atomic E-state index is 0.0215. The quantitative estimate of drug-likeness (QED) is 0.148. The second-order valence-electron chi connectivity index (χ2n) is 17.5. The van der Waals surface area contributed by atoms with Crippen LogP contribution in [-0.2, 0) is 12.7 Å². The van der Waals surface area contributed by atoms with Crippen LogP contribution in [0.25, 0.3) is 0 Å². The molecule has 0 aromatic heterocycles. The molecule has 8 nitrogen and oxygen atoms in total. The number of halogens is 3. The number of nitrogens with zero attached hydrogens (tertiary/aromatic N) is 1. The highest BCUT2D eigenvalue weighted by Crippen LogP contribution is 2.78. The average molecular weight is 785 g/mol. The van der Waals surface area contributed by atoms with E-state index in [4.69, 9.17) is 9.47 Å². The van der Waals surface area contributed by atoms with Gasteiger partial charge in [0.05, 0.1) is 44.6 Å². The number of fused-ring (bicyclic) bond motifs is 1. The molecule has 3 aromatic carbocycles. The third-order valence-electron chi connectivity index (χ3n) is 15.0. The van der Waals surface area contributed by atoms with Gasteiger partial charge in [-0.25, -0.2) is 4.79 Å². The van der Waals surface area contributed by atoms with Crippen LogP contribution in [-0.4, -0.2) is 59.4 Å². The van der Waals surface area contributed by atoms with E-state index in [0.717, 1.165) is 24.1 Å². The van der Waals surface area contributed by atoms with Crippen LogP contribution in [0.1, 0.15) is 80.3 Å². The van der Waals surface area contributed by atoms with E-state index in [1.54, 1.807) is 43.4 Å². The van der Waals surface area contributed by atoms with E-state index >= 15 is 0 Å². The fraction of sp³-hybridized carbons (Fsp3) is 0.478. The maximum atomic E-state index is 14.9. The second-order valence-corrected chi connectivity index (χ2v) is 17.5. The van der Waals surface area contributed by atoms with E-state index in [9.17, 15) is 33.0 Å². The molecule has 57 heavy (non-hydrogen) atoms. The number of allylic oxidation sites excluding steroid dienone is 4. The number of methoxy groups -OCH3 is 2. The van der Waals surface area contributed by atoms with Crippen molar-refractivity contribution < 1.29 is 42.4 Å². The first-order valence-electron chi connectivity index (χ1n) is 19.9. The number of nitrogens with one attached hydrogen (secondary N) is 1. The molecular formula is C46H51F3N2O6. The number of benzene rings is 3. The van der Waals surface area contributed by atoms with Crippen LogP contribution in [0.15, 0.2) is 96.6 Å². The van der Waals surface area contributed by atoms with Gasteiger partial charge in [0.2, 0.25) is 0 Å². The SMILES string of the molecule is COc1ccc(CN(CC2(O)CCC3C45C=CC6(C=C4C(=O)c4cccc(C(F)(F)F)c4)CC(O)CCC6(C)C5CCC32C)C(=O)Nc2ccccc2)c(OC)c1. The predicted octanol–water partition coefficient (Wildman–Crippen LogP) is 9.23. The van der Waals surface area contributed by atoms with Crippen molar-refractivity contribution >= 4 is 17.5 Å². The lowest BCUT2D eigenvalue weighted by molar-refractivity contribution is -0.174. The zero-order chi connectivity index (χ0) is 40.6. The smallest absolute Gasteiger partial charge is 0.416 e. The molecule has 3 aromatic rings. The summed E-state index contributed by atoms with van der Waals surface area (Å²) in [4.78, 5) is 30.8. The largest absolute Gasteiger partial charge is 0.497 e. The van der Waals surface area contributed by atoms with Crippen LogP contribution < -0.4 is 14.8 Å². The Balaban J connectivity index is 1.20. The van der Waals surface area contributed by atoms with Crippen molar-refractivity contribution in [2.75, 3.05) is 26.1 Å². The summed E-state index contributed by atoms with van der Waals surface area (Å²) >= 11 is 0. The van der Waals surface area contributed by atoms with Crippen molar-refractivity contribution in [2.24, 2.45) is 33.5 Å². The van der Waals surface area contributed by atoms with Gasteiger partial charge in [-0.3, -0.25) is 4.79 Å². The van der Waals surface area contributed by atoms with E-state index < -0.39 is 51.5 Å². The Morgan fingerprint density at radius 3 is 2.32 bits per heavy atom. The van der Waals surface area contributed by atoms with Crippen LogP contribution in [0.3, 0.4) is 0 Å². The normalized spacial score (nSPS) is 33.7. The number of Topliss-reactive ketones (excluding diaryl/α,β-unsaturated/α-hetero) is 1. The molecule has 3 N–H and O–H groups in total. The van der Waals surface area contributed by atoms with E-state index in [2.05, 4.69) is 31.3 Å². The molecule has 302 valence electrons. The Labute approximate surface area is 331 Å². The second kappa shape index (κ2) is 13.8. The standard InChI is InChI=1S/C46H51F3N2O6/c1-41-18-15-33(52)25-43(41)21-22-45(35(26-43)39(53)29-9-8-10-31(23-29)46(47,48)49)37(41)16-19-42(2)38(45)17-20-44(42,55)28-51(40(54)50-32-11-6-5-7-12-32)27-30-13-14-34(56-3)24-36(30)57-4/h5-14,21-24,26,33,37-38,52,55H,15-20,25,27-28H2,1-4H3,(H,50,54). The maximum Gasteiger partial charge on any atom is 0.416 e. The van der Waals surface area contributed by atoms with Crippen LogP contribution in [0.2, 0.25) is 0 Å². The molecule has 8 atom stereocenters. The molecule has 2 amide bonds. The minimum Gasteiger partial charge on any atom is -0.497 e. The molecule has 2 spiro atoms. The number of urea groups is 1. The van der Waals surface area contributed by atoms with Crippen LogP contribution in [0.4, 0.5) is 23.7 Å². The number of ketones is 1. The van der Waals surface area contributed by atoms with Gasteiger partial charge in [-0.05, 0) is 98.6 Å². The van der Waals surface area contributed by atoms with Gasteiger partial charge < -0.3 is 29.9 Å². The predicted molar refractivity (Wildman–Crippen MR) is 210 cm³/mol. The van der Waals surface area contributed by atoms with Crippen molar-refractivity contribution in [1.82, 2.24) is 4.90 Å². The number of hydrogen-bond donors (Lipinski definition) is 3. The molecule has 6 aliphatic rings. The first kappa shape index (κ1) is 39.2. The molecule has 0 radical (unpaired) electrons. The lowest BCUT2D eigenvalue weighted by atomic mass is 9.32. The molecule has 0 aliphatic heterocycles. The zero-order valence-corrected chi connectivity index (χ0v) is 32.9. The van der Waals surface area contributed by atoms with Gasteiger partial charge in [0.25, 0.3) is 0 Å². The fourth-order valence-electron chi connectivity index (χ4n) is 12.0. The van der Waals surface area contributed by atoms with Crippen molar-refractivity contribution in [3.05, 3.63) is 113 Å². The third-order valence-corrected chi connectivity index (χ3v) is 15.0. The number of rotatable bonds is 9. The van der Waals surface area contributed by atoms with E-state index in [1.807, 2.05) is 30.3 Å². The van der Waals surface area contributed by atoms with Crippen molar-refractivity contribution in [3.8, 4) is 11.5 Å². The maximum absolute atomic E-state index is 14.9. The summed E-state index contributed by atoms with van der Waals surface area (Å²) < 4.78 is 53.1. The lowest BCUT2D eigenvalue weighted by Gasteiger charge is -2.71. The Morgan fingerprint density at radius 2 is 1.60 bits per heavy atom. The first-order valence-corrected chi connectivity index (χ1v) is 19.9. The van der Waals surface area contributed by atoms with Crippen molar-refractivity contribution in [2.45, 2.75) is 83.2 Å². The highest BCUT2D eigenvalue weighted by Gasteiger charge is 2.74. The highest BCUT2D eigenvalue weighted by molar-refractivity contribution is 6.10. The Morgan fingerprint density at radius 1 is 0.877 bits per heavy atom. The van der Waals surface area contributed by atoms with Gasteiger partial charge in [0, 0.05) is 44.7 Å². The number of aliphatic hydroxyl groups excluding tert-OH is 1. The molecular weight excluding hydrogens is 734 g/mol. The average Bonchev–Trinajstić information content (AvgIpc) is 3.47. The minimum atomic E-state index is -4.62. The summed E-state index contributed by atoms with van der Waals surface area (Å²) in [5.74, 6) is 0.340. The fourth-order valence-corrected chi connectivity index (χ4v) is 12.0. The van der Waals surface area contributed by atoms with E-state index in [1.165, 1.54) is 12.1 Å². The summed E-state index contributed by atoms with van der Waals surface area (Å²) in [5, 5.41) is 27.2. The molecule has 3 saturated carbocycles. The van der Waals surface area contributed by atoms with Gasteiger partial charge in [-0.1, -0.05) is 62.4 Å². The third kappa shape index (κ3) is 6.01. The Bertz CT molecular complexity index is 2140. The first-order chi connectivity index (χ1) is 27.0. The lowest BCUT2D eigenvalue weighted by Crippen LogP contribution is -2.67. The van der Waals surface area contributed by atoms with Gasteiger partial charge in [0.1, 0.15) is 11.5 Å². The van der Waals surface area contributed by atoms with Crippen molar-refractivity contribution in [1.29, 1.82) is 0 Å². The number of carbonyl (C=O) groups excluding carboxylic acids is 2. The van der Waals surface area contributed by atoms with Gasteiger partial charge in [0.15, 0.2) is 5.78 Å². The zero-order valence-electron chi connectivity index (χ0n) is 32.9. The summed E-state index contributed by atoms with van der Waals surface area (Å²) in [6.07, 6.45) is 5.03. The Kier molecular flexibility index (Phi) is 9.47. The van der Waals surface area contributed by atoms with Gasteiger partial charge in [-0.2, -0.15) is 13.2 Å². The molecule has 9 rings (SSSR count). The highest BCUT2D eigenvalue weighted by atomic mass is 19.4. The van der Waals surface area contributed by atoms with Crippen LogP contribution in [0.5, 0.6) is 11.5 Å². The number of hydrogen-bond acceptors (Lipinski definition) is 6. The molecule has 11 heteroatoms. The number of para-hydroxylation sites is 1. The number of alkyl halides is 3. The van der Waals surface area contributed by atoms with E-state index in [-0.39, 0.29) is 35.9 Å². The van der Waals surface area contributed by atoms with Gasteiger partial charge >= 0.3 is 12.2 Å². The molecule has 2 bridgehead atoms. The molecule has 8 unspecified atom stereocenters.